The molecule has 1 saturated carbocycles. The van der Waals surface area contributed by atoms with E-state index in [9.17, 15) is 4.79 Å². The van der Waals surface area contributed by atoms with Crippen molar-refractivity contribution in [3.63, 3.8) is 0 Å². The molecule has 8 heteroatoms. The molecule has 1 fully saturated rings. The molecular weight excluding hydrogens is 324 g/mol. The van der Waals surface area contributed by atoms with Gasteiger partial charge >= 0.3 is 0 Å². The Morgan fingerprint density at radius 3 is 2.88 bits per heavy atom. The predicted octanol–water partition coefficient (Wildman–Crippen LogP) is 1.98. The number of aromatic nitrogens is 4. The molecule has 2 aromatic heterocycles. The standard InChI is InChI=1S/C16H24N6OS/c1-3-13-15(24-10(2)19-13)8-18-16(23)14-9-22(21-20-14)12-6-4-11(17)5-7-12/h9,11-12H,3-8,17H2,1-2H3,(H,18,23). The number of thiazole rings is 1. The Morgan fingerprint density at radius 1 is 1.42 bits per heavy atom. The van der Waals surface area contributed by atoms with Crippen molar-refractivity contribution >= 4 is 17.2 Å². The maximum atomic E-state index is 12.3. The second-order valence-corrected chi connectivity index (χ2v) is 7.58. The van der Waals surface area contributed by atoms with Crippen molar-refractivity contribution in [2.75, 3.05) is 0 Å². The highest BCUT2D eigenvalue weighted by molar-refractivity contribution is 7.11. The Kier molecular flexibility index (Phi) is 5.25. The van der Waals surface area contributed by atoms with E-state index >= 15 is 0 Å². The van der Waals surface area contributed by atoms with Crippen molar-refractivity contribution in [2.45, 2.75) is 64.6 Å². The highest BCUT2D eigenvalue weighted by atomic mass is 32.1. The van der Waals surface area contributed by atoms with Gasteiger partial charge in [-0.2, -0.15) is 0 Å². The maximum Gasteiger partial charge on any atom is 0.273 e. The van der Waals surface area contributed by atoms with Gasteiger partial charge in [-0.3, -0.25) is 4.79 Å². The summed E-state index contributed by atoms with van der Waals surface area (Å²) in [6.45, 7) is 4.54. The largest absolute Gasteiger partial charge is 0.346 e. The van der Waals surface area contributed by atoms with Gasteiger partial charge in [-0.1, -0.05) is 12.1 Å². The van der Waals surface area contributed by atoms with Gasteiger partial charge in [0.15, 0.2) is 5.69 Å². The smallest absolute Gasteiger partial charge is 0.273 e. The number of aryl methyl sites for hydroxylation is 2. The summed E-state index contributed by atoms with van der Waals surface area (Å²) in [7, 11) is 0. The zero-order valence-corrected chi connectivity index (χ0v) is 15.0. The van der Waals surface area contributed by atoms with Crippen LogP contribution in [0.1, 0.15) is 64.7 Å². The van der Waals surface area contributed by atoms with Crippen molar-refractivity contribution < 1.29 is 4.79 Å². The summed E-state index contributed by atoms with van der Waals surface area (Å²) >= 11 is 1.63. The van der Waals surface area contributed by atoms with Crippen LogP contribution in [0.5, 0.6) is 0 Å². The summed E-state index contributed by atoms with van der Waals surface area (Å²) in [4.78, 5) is 17.9. The number of carbonyl (C=O) groups excluding carboxylic acids is 1. The van der Waals surface area contributed by atoms with Crippen LogP contribution >= 0.6 is 11.3 Å². The minimum Gasteiger partial charge on any atom is -0.346 e. The van der Waals surface area contributed by atoms with E-state index in [0.29, 0.717) is 24.3 Å². The average Bonchev–Trinajstić information content (AvgIpc) is 3.20. The molecule has 1 aliphatic carbocycles. The quantitative estimate of drug-likeness (QED) is 0.861. The number of nitrogens with one attached hydrogen (secondary N) is 1. The van der Waals surface area contributed by atoms with Crippen LogP contribution in [0.2, 0.25) is 0 Å². The molecule has 3 rings (SSSR count). The van der Waals surface area contributed by atoms with Crippen molar-refractivity contribution in [3.05, 3.63) is 27.5 Å². The van der Waals surface area contributed by atoms with Crippen LogP contribution in [0.4, 0.5) is 0 Å². The molecule has 0 radical (unpaired) electrons. The van der Waals surface area contributed by atoms with Crippen molar-refractivity contribution in [1.82, 2.24) is 25.3 Å². The van der Waals surface area contributed by atoms with Gasteiger partial charge in [0.2, 0.25) is 0 Å². The molecule has 0 atom stereocenters. The van der Waals surface area contributed by atoms with Gasteiger partial charge in [-0.05, 0) is 39.0 Å². The first-order chi connectivity index (χ1) is 11.6. The van der Waals surface area contributed by atoms with Crippen LogP contribution in [-0.2, 0) is 13.0 Å². The molecule has 0 aromatic carbocycles. The highest BCUT2D eigenvalue weighted by Crippen LogP contribution is 2.26. The van der Waals surface area contributed by atoms with E-state index in [2.05, 4.69) is 27.5 Å². The molecule has 0 spiro atoms. The van der Waals surface area contributed by atoms with Gasteiger partial charge in [0, 0.05) is 10.9 Å². The summed E-state index contributed by atoms with van der Waals surface area (Å²) in [5.41, 5.74) is 7.36. The SMILES string of the molecule is CCc1nc(C)sc1CNC(=O)c1cn(C2CCC(N)CC2)nn1. The van der Waals surface area contributed by atoms with Gasteiger partial charge in [0.05, 0.1) is 29.5 Å². The van der Waals surface area contributed by atoms with Gasteiger partial charge in [0.1, 0.15) is 0 Å². The number of amides is 1. The van der Waals surface area contributed by atoms with E-state index in [1.165, 1.54) is 0 Å². The number of hydrogen-bond acceptors (Lipinski definition) is 6. The summed E-state index contributed by atoms with van der Waals surface area (Å²) in [6.07, 6.45) is 6.59. The predicted molar refractivity (Wildman–Crippen MR) is 92.9 cm³/mol. The minimum absolute atomic E-state index is 0.193. The molecule has 0 aliphatic heterocycles. The van der Waals surface area contributed by atoms with Crippen LogP contribution in [0.25, 0.3) is 0 Å². The Balaban J connectivity index is 1.59. The minimum atomic E-state index is -0.193. The zero-order valence-electron chi connectivity index (χ0n) is 14.2. The van der Waals surface area contributed by atoms with Crippen LogP contribution < -0.4 is 11.1 Å². The molecule has 3 N–H and O–H groups in total. The molecule has 0 unspecified atom stereocenters. The molecule has 7 nitrogen and oxygen atoms in total. The first-order valence-corrected chi connectivity index (χ1v) is 9.29. The van der Waals surface area contributed by atoms with E-state index in [1.807, 2.05) is 11.6 Å². The molecule has 2 heterocycles. The molecule has 24 heavy (non-hydrogen) atoms. The van der Waals surface area contributed by atoms with Crippen LogP contribution in [0.3, 0.4) is 0 Å². The summed E-state index contributed by atoms with van der Waals surface area (Å²) < 4.78 is 1.81. The van der Waals surface area contributed by atoms with Crippen LogP contribution in [0, 0.1) is 6.92 Å². The lowest BCUT2D eigenvalue weighted by atomic mass is 9.92. The van der Waals surface area contributed by atoms with E-state index in [4.69, 9.17) is 5.73 Å². The maximum absolute atomic E-state index is 12.3. The third kappa shape index (κ3) is 3.81. The Hall–Kier alpha value is -1.80. The summed E-state index contributed by atoms with van der Waals surface area (Å²) in [5, 5.41) is 12.1. The van der Waals surface area contributed by atoms with E-state index in [1.54, 1.807) is 17.5 Å². The molecule has 1 amide bonds. The number of carbonyl (C=O) groups is 1. The first kappa shape index (κ1) is 17.0. The third-order valence-corrected chi connectivity index (χ3v) is 5.50. The molecule has 0 bridgehead atoms. The molecule has 130 valence electrons. The van der Waals surface area contributed by atoms with E-state index < -0.39 is 0 Å². The molecule has 0 saturated heterocycles. The van der Waals surface area contributed by atoms with Gasteiger partial charge in [-0.15, -0.1) is 16.4 Å². The Morgan fingerprint density at radius 2 is 2.17 bits per heavy atom. The monoisotopic (exact) mass is 348 g/mol. The van der Waals surface area contributed by atoms with E-state index in [0.717, 1.165) is 47.7 Å². The van der Waals surface area contributed by atoms with Gasteiger partial charge < -0.3 is 11.1 Å². The third-order valence-electron chi connectivity index (χ3n) is 4.49. The zero-order chi connectivity index (χ0) is 17.1. The average molecular weight is 348 g/mol. The number of hydrogen-bond donors (Lipinski definition) is 2. The second-order valence-electron chi connectivity index (χ2n) is 6.29. The molecular formula is C16H24N6OS. The summed E-state index contributed by atoms with van der Waals surface area (Å²) in [6, 6.07) is 0.595. The number of nitrogens with two attached hydrogens (primary N) is 1. The fourth-order valence-corrected chi connectivity index (χ4v) is 4.07. The van der Waals surface area contributed by atoms with Crippen LogP contribution in [0.15, 0.2) is 6.20 Å². The van der Waals surface area contributed by atoms with Gasteiger partial charge in [-0.25, -0.2) is 9.67 Å². The van der Waals surface area contributed by atoms with Crippen molar-refractivity contribution in [1.29, 1.82) is 0 Å². The van der Waals surface area contributed by atoms with Crippen molar-refractivity contribution in [2.24, 2.45) is 5.73 Å². The molecule has 1 aliphatic rings. The second kappa shape index (κ2) is 7.40. The fraction of sp³-hybridized carbons (Fsp3) is 0.625. The van der Waals surface area contributed by atoms with Gasteiger partial charge in [0.25, 0.3) is 5.91 Å². The fourth-order valence-electron chi connectivity index (χ4n) is 3.10. The lowest BCUT2D eigenvalue weighted by Gasteiger charge is -2.25. The van der Waals surface area contributed by atoms with E-state index in [-0.39, 0.29) is 5.91 Å². The van der Waals surface area contributed by atoms with Crippen LogP contribution in [-0.4, -0.2) is 31.9 Å². The Bertz CT molecular complexity index is 701. The lowest BCUT2D eigenvalue weighted by Crippen LogP contribution is -2.28. The summed E-state index contributed by atoms with van der Waals surface area (Å²) in [5.74, 6) is -0.193. The van der Waals surface area contributed by atoms with Crippen molar-refractivity contribution in [3.8, 4) is 0 Å². The Labute approximate surface area is 145 Å². The first-order valence-electron chi connectivity index (χ1n) is 8.47. The lowest BCUT2D eigenvalue weighted by molar-refractivity contribution is 0.0946. The normalized spacial score (nSPS) is 21.0. The number of nitrogens with zero attached hydrogens (tertiary/aromatic N) is 4. The molecule has 2 aromatic rings. The highest BCUT2D eigenvalue weighted by Gasteiger charge is 2.22. The topological polar surface area (TPSA) is 98.7 Å². The number of rotatable bonds is 5.